The zero-order valence-electron chi connectivity index (χ0n) is 4.29. The maximum Gasteiger partial charge on any atom is 0.0532 e. The Morgan fingerprint density at radius 3 is 2.75 bits per heavy atom. The summed E-state index contributed by atoms with van der Waals surface area (Å²) in [6, 6.07) is 0. The number of halogens is 1. The Hall–Kier alpha value is -0.540. The molecule has 1 heterocycles. The van der Waals surface area contributed by atoms with Crippen LogP contribution in [0.4, 0.5) is 0 Å². The lowest BCUT2D eigenvalue weighted by Crippen LogP contribution is -1.92. The van der Waals surface area contributed by atoms with Crippen LogP contribution in [0.3, 0.4) is 0 Å². The molecule has 0 bridgehead atoms. The molecule has 0 aliphatic carbocycles. The fourth-order valence-corrected chi connectivity index (χ4v) is 0.389. The third-order valence-corrected chi connectivity index (χ3v) is 0.791. The van der Waals surface area contributed by atoms with Gasteiger partial charge in [-0.05, 0) is 0 Å². The first kappa shape index (κ1) is 7.46. The third kappa shape index (κ3) is 1.52. The van der Waals surface area contributed by atoms with Crippen LogP contribution in [-0.2, 0) is 6.54 Å². The van der Waals surface area contributed by atoms with Crippen LogP contribution in [0.1, 0.15) is 5.56 Å². The minimum Gasteiger partial charge on any atom is -0.326 e. The van der Waals surface area contributed by atoms with Gasteiger partial charge in [0.15, 0.2) is 0 Å². The average Bonchev–Trinajstić information content (AvgIpc) is 2.14. The van der Waals surface area contributed by atoms with Crippen LogP contribution in [0, 0.1) is 0 Å². The van der Waals surface area contributed by atoms with Crippen LogP contribution < -0.4 is 5.73 Å². The summed E-state index contributed by atoms with van der Waals surface area (Å²) in [6.07, 6.45) is 3.49. The van der Waals surface area contributed by atoms with E-state index in [0.29, 0.717) is 6.54 Å². The standard InChI is InChI=1S/C4H7N3.ClH/c5-1-4-2-6-7-3-4;/h2-3H,1,5H2,(H,6,7);1H. The summed E-state index contributed by atoms with van der Waals surface area (Å²) in [5.41, 5.74) is 6.28. The van der Waals surface area contributed by atoms with Gasteiger partial charge in [0.2, 0.25) is 0 Å². The first-order valence-electron chi connectivity index (χ1n) is 2.11. The molecule has 0 atom stereocenters. The minimum absolute atomic E-state index is 0. The third-order valence-electron chi connectivity index (χ3n) is 0.791. The van der Waals surface area contributed by atoms with Gasteiger partial charge in [0, 0.05) is 18.3 Å². The molecule has 1 aromatic rings. The van der Waals surface area contributed by atoms with Gasteiger partial charge in [-0.25, -0.2) is 0 Å². The van der Waals surface area contributed by atoms with Gasteiger partial charge in [-0.15, -0.1) is 12.4 Å². The van der Waals surface area contributed by atoms with Crippen molar-refractivity contribution in [1.82, 2.24) is 10.2 Å². The Kier molecular flexibility index (Phi) is 3.23. The quantitative estimate of drug-likeness (QED) is 0.579. The van der Waals surface area contributed by atoms with E-state index in [4.69, 9.17) is 5.73 Å². The van der Waals surface area contributed by atoms with E-state index in [0.717, 1.165) is 5.56 Å². The average molecular weight is 134 g/mol. The van der Waals surface area contributed by atoms with Gasteiger partial charge in [0.1, 0.15) is 0 Å². The number of nitrogens with zero attached hydrogens (tertiary/aromatic N) is 1. The van der Waals surface area contributed by atoms with Gasteiger partial charge in [-0.3, -0.25) is 5.10 Å². The van der Waals surface area contributed by atoms with E-state index in [2.05, 4.69) is 10.2 Å². The number of nitrogens with one attached hydrogen (secondary N) is 1. The van der Waals surface area contributed by atoms with E-state index < -0.39 is 0 Å². The number of aromatic nitrogens is 2. The zero-order valence-corrected chi connectivity index (χ0v) is 5.11. The fourth-order valence-electron chi connectivity index (χ4n) is 0.389. The topological polar surface area (TPSA) is 54.7 Å². The second-order valence-corrected chi connectivity index (χ2v) is 1.31. The Morgan fingerprint density at radius 2 is 2.50 bits per heavy atom. The van der Waals surface area contributed by atoms with Crippen molar-refractivity contribution in [3.8, 4) is 0 Å². The van der Waals surface area contributed by atoms with E-state index in [-0.39, 0.29) is 12.4 Å². The smallest absolute Gasteiger partial charge is 0.0532 e. The summed E-state index contributed by atoms with van der Waals surface area (Å²) in [7, 11) is 0. The lowest BCUT2D eigenvalue weighted by molar-refractivity contribution is 1.07. The molecule has 0 spiro atoms. The maximum absolute atomic E-state index is 5.23. The SMILES string of the molecule is Cl.NCc1cn[nH]c1. The molecule has 0 aromatic carbocycles. The van der Waals surface area contributed by atoms with Crippen LogP contribution >= 0.6 is 12.4 Å². The lowest BCUT2D eigenvalue weighted by atomic mass is 10.4. The summed E-state index contributed by atoms with van der Waals surface area (Å²) < 4.78 is 0. The summed E-state index contributed by atoms with van der Waals surface area (Å²) >= 11 is 0. The Labute approximate surface area is 53.7 Å². The van der Waals surface area contributed by atoms with Gasteiger partial charge in [-0.1, -0.05) is 0 Å². The molecule has 1 aromatic heterocycles. The van der Waals surface area contributed by atoms with E-state index in [9.17, 15) is 0 Å². The molecule has 8 heavy (non-hydrogen) atoms. The molecular formula is C4H8ClN3. The molecule has 0 saturated carbocycles. The summed E-state index contributed by atoms with van der Waals surface area (Å²) in [4.78, 5) is 0. The maximum atomic E-state index is 5.23. The van der Waals surface area contributed by atoms with Crippen LogP contribution in [0.25, 0.3) is 0 Å². The van der Waals surface area contributed by atoms with Crippen molar-refractivity contribution in [3.63, 3.8) is 0 Å². The summed E-state index contributed by atoms with van der Waals surface area (Å²) in [5, 5.41) is 6.34. The lowest BCUT2D eigenvalue weighted by Gasteiger charge is -1.77. The molecule has 0 amide bonds. The van der Waals surface area contributed by atoms with Gasteiger partial charge < -0.3 is 5.73 Å². The van der Waals surface area contributed by atoms with E-state index in [1.54, 1.807) is 12.4 Å². The number of rotatable bonds is 1. The van der Waals surface area contributed by atoms with Crippen molar-refractivity contribution in [2.45, 2.75) is 6.54 Å². The van der Waals surface area contributed by atoms with Gasteiger partial charge in [-0.2, -0.15) is 5.10 Å². The van der Waals surface area contributed by atoms with Crippen molar-refractivity contribution in [3.05, 3.63) is 18.0 Å². The Bertz CT molecular complexity index is 126. The first-order valence-corrected chi connectivity index (χ1v) is 2.11. The molecule has 0 unspecified atom stereocenters. The molecular weight excluding hydrogens is 126 g/mol. The minimum atomic E-state index is 0. The molecule has 1 rings (SSSR count). The van der Waals surface area contributed by atoms with Crippen LogP contribution in [0.5, 0.6) is 0 Å². The van der Waals surface area contributed by atoms with Gasteiger partial charge in [0.25, 0.3) is 0 Å². The van der Waals surface area contributed by atoms with Crippen LogP contribution in [-0.4, -0.2) is 10.2 Å². The Morgan fingerprint density at radius 1 is 1.75 bits per heavy atom. The van der Waals surface area contributed by atoms with Crippen molar-refractivity contribution >= 4 is 12.4 Å². The normalized spacial score (nSPS) is 8.12. The predicted octanol–water partition coefficient (Wildman–Crippen LogP) is 0.290. The largest absolute Gasteiger partial charge is 0.326 e. The molecule has 0 aliphatic rings. The highest BCUT2D eigenvalue weighted by Crippen LogP contribution is 1.87. The molecule has 0 radical (unpaired) electrons. The van der Waals surface area contributed by atoms with Crippen molar-refractivity contribution < 1.29 is 0 Å². The monoisotopic (exact) mass is 133 g/mol. The number of hydrogen-bond donors (Lipinski definition) is 2. The van der Waals surface area contributed by atoms with Crippen molar-refractivity contribution in [2.24, 2.45) is 5.73 Å². The highest BCUT2D eigenvalue weighted by Gasteiger charge is 1.83. The molecule has 0 saturated heterocycles. The van der Waals surface area contributed by atoms with Crippen molar-refractivity contribution in [2.75, 3.05) is 0 Å². The van der Waals surface area contributed by atoms with Crippen LogP contribution in [0.2, 0.25) is 0 Å². The number of H-pyrrole nitrogens is 1. The molecule has 0 fully saturated rings. The molecule has 3 nitrogen and oxygen atoms in total. The fraction of sp³-hybridized carbons (Fsp3) is 0.250. The highest BCUT2D eigenvalue weighted by atomic mass is 35.5. The zero-order chi connectivity index (χ0) is 5.11. The first-order chi connectivity index (χ1) is 3.43. The van der Waals surface area contributed by atoms with E-state index in [1.165, 1.54) is 0 Å². The highest BCUT2D eigenvalue weighted by molar-refractivity contribution is 5.85. The summed E-state index contributed by atoms with van der Waals surface area (Å²) in [5.74, 6) is 0. The van der Waals surface area contributed by atoms with E-state index >= 15 is 0 Å². The number of nitrogens with two attached hydrogens (primary N) is 1. The number of hydrogen-bond acceptors (Lipinski definition) is 2. The summed E-state index contributed by atoms with van der Waals surface area (Å²) in [6.45, 7) is 0.566. The van der Waals surface area contributed by atoms with E-state index in [1.807, 2.05) is 0 Å². The molecule has 4 heteroatoms. The molecule has 0 aliphatic heterocycles. The van der Waals surface area contributed by atoms with Crippen LogP contribution in [0.15, 0.2) is 12.4 Å². The predicted molar refractivity (Wildman–Crippen MR) is 33.7 cm³/mol. The van der Waals surface area contributed by atoms with Crippen molar-refractivity contribution in [1.29, 1.82) is 0 Å². The second-order valence-electron chi connectivity index (χ2n) is 1.31. The number of aromatic amines is 1. The van der Waals surface area contributed by atoms with Gasteiger partial charge >= 0.3 is 0 Å². The molecule has 46 valence electrons. The Balaban J connectivity index is 0.000000490. The molecule has 3 N–H and O–H groups in total. The second kappa shape index (κ2) is 3.46. The van der Waals surface area contributed by atoms with Gasteiger partial charge in [0.05, 0.1) is 6.20 Å².